The van der Waals surface area contributed by atoms with Gasteiger partial charge in [0, 0.05) is 50.5 Å². The Kier molecular flexibility index (Phi) is 15.9. The van der Waals surface area contributed by atoms with Crippen LogP contribution in [0.25, 0.3) is 0 Å². The third-order valence-electron chi connectivity index (χ3n) is 11.5. The molecule has 63 heavy (non-hydrogen) atoms. The van der Waals surface area contributed by atoms with E-state index in [1.807, 2.05) is 24.3 Å². The van der Waals surface area contributed by atoms with E-state index in [4.69, 9.17) is 14.2 Å². The predicted molar refractivity (Wildman–Crippen MR) is 239 cm³/mol. The molecule has 16 heteroatoms. The molecular formula is C47H58N6O9S. The summed E-state index contributed by atoms with van der Waals surface area (Å²) in [5.41, 5.74) is 3.89. The topological polar surface area (TPSA) is 186 Å². The Balaban J connectivity index is 0.780. The average molecular weight is 883 g/mol. The Hall–Kier alpha value is -5.87. The SMILES string of the molecule is CN(c1nccc(COc2ccc(C(C)(C)c3ccc(OCCCCCCCCOCCCCNc4ccc5c(c4)C(=O)N(C4CCC(=O)NC4=O)C5=O)cc3)cc2)n1)S(C)(=O)=O. The number of carbonyl (C=O) groups is 4. The summed E-state index contributed by atoms with van der Waals surface area (Å²) in [4.78, 5) is 59.1. The van der Waals surface area contributed by atoms with Crippen LogP contribution in [0.3, 0.4) is 0 Å². The van der Waals surface area contributed by atoms with Crippen molar-refractivity contribution in [2.24, 2.45) is 0 Å². The molecule has 2 aliphatic rings. The van der Waals surface area contributed by atoms with Crippen LogP contribution in [0.15, 0.2) is 79.0 Å². The number of hydrogen-bond acceptors (Lipinski definition) is 12. The molecule has 15 nitrogen and oxygen atoms in total. The zero-order chi connectivity index (χ0) is 45.0. The number of nitrogens with zero attached hydrogens (tertiary/aromatic N) is 4. The molecule has 6 rings (SSSR count). The molecule has 1 atom stereocenters. The molecule has 336 valence electrons. The predicted octanol–water partition coefficient (Wildman–Crippen LogP) is 6.81. The number of benzene rings is 3. The molecule has 3 aromatic carbocycles. The minimum atomic E-state index is -3.47. The van der Waals surface area contributed by atoms with Gasteiger partial charge in [-0.3, -0.25) is 29.4 Å². The zero-order valence-electron chi connectivity index (χ0n) is 36.6. The first-order chi connectivity index (χ1) is 30.2. The highest BCUT2D eigenvalue weighted by Gasteiger charge is 2.44. The molecule has 0 radical (unpaired) electrons. The summed E-state index contributed by atoms with van der Waals surface area (Å²) >= 11 is 0. The number of nitrogens with one attached hydrogen (secondary N) is 2. The number of unbranched alkanes of at least 4 members (excludes halogenated alkanes) is 6. The van der Waals surface area contributed by atoms with E-state index in [2.05, 4.69) is 58.7 Å². The van der Waals surface area contributed by atoms with Gasteiger partial charge >= 0.3 is 0 Å². The van der Waals surface area contributed by atoms with Crippen LogP contribution in [0, 0.1) is 0 Å². The molecule has 3 heterocycles. The second-order valence-electron chi connectivity index (χ2n) is 16.5. The normalized spacial score (nSPS) is 15.3. The van der Waals surface area contributed by atoms with Gasteiger partial charge in [-0.05, 0) is 91.8 Å². The summed E-state index contributed by atoms with van der Waals surface area (Å²) in [6.45, 7) is 7.35. The highest BCUT2D eigenvalue weighted by Crippen LogP contribution is 2.34. The minimum absolute atomic E-state index is 0.0882. The van der Waals surface area contributed by atoms with Crippen LogP contribution >= 0.6 is 0 Å². The molecule has 1 unspecified atom stereocenters. The number of rotatable bonds is 24. The lowest BCUT2D eigenvalue weighted by Crippen LogP contribution is -2.54. The summed E-state index contributed by atoms with van der Waals surface area (Å²) < 4.78 is 42.5. The fourth-order valence-electron chi connectivity index (χ4n) is 7.47. The third kappa shape index (κ3) is 12.4. The highest BCUT2D eigenvalue weighted by atomic mass is 32.2. The van der Waals surface area contributed by atoms with Crippen molar-refractivity contribution >= 4 is 45.3 Å². The Morgan fingerprint density at radius 3 is 2.03 bits per heavy atom. The molecule has 0 saturated carbocycles. The molecule has 2 N–H and O–H groups in total. The number of hydrogen-bond donors (Lipinski definition) is 2. The molecule has 0 aliphatic carbocycles. The van der Waals surface area contributed by atoms with Gasteiger partial charge in [0.1, 0.15) is 24.1 Å². The molecule has 1 aromatic heterocycles. The zero-order valence-corrected chi connectivity index (χ0v) is 37.4. The fourth-order valence-corrected chi connectivity index (χ4v) is 7.86. The molecule has 4 aromatic rings. The van der Waals surface area contributed by atoms with Gasteiger partial charge in [0.05, 0.1) is 29.7 Å². The lowest BCUT2D eigenvalue weighted by atomic mass is 9.78. The molecule has 1 saturated heterocycles. The van der Waals surface area contributed by atoms with Gasteiger partial charge in [0.15, 0.2) is 0 Å². The minimum Gasteiger partial charge on any atom is -0.494 e. The summed E-state index contributed by atoms with van der Waals surface area (Å²) in [5.74, 6) is -0.399. The van der Waals surface area contributed by atoms with Crippen LogP contribution in [0.1, 0.15) is 116 Å². The van der Waals surface area contributed by atoms with Crippen molar-refractivity contribution < 1.29 is 41.8 Å². The Bertz CT molecular complexity index is 2340. The Morgan fingerprint density at radius 2 is 1.38 bits per heavy atom. The van der Waals surface area contributed by atoms with Gasteiger partial charge in [-0.1, -0.05) is 63.8 Å². The van der Waals surface area contributed by atoms with Crippen LogP contribution in [0.2, 0.25) is 0 Å². The summed E-state index contributed by atoms with van der Waals surface area (Å²) in [5, 5.41) is 5.52. The second kappa shape index (κ2) is 21.5. The average Bonchev–Trinajstić information content (AvgIpc) is 3.51. The van der Waals surface area contributed by atoms with Gasteiger partial charge < -0.3 is 19.5 Å². The lowest BCUT2D eigenvalue weighted by molar-refractivity contribution is -0.136. The molecule has 1 fully saturated rings. The number of imide groups is 2. The summed E-state index contributed by atoms with van der Waals surface area (Å²) in [7, 11) is -2.05. The number of aromatic nitrogens is 2. The maximum absolute atomic E-state index is 13.0. The van der Waals surface area contributed by atoms with Crippen LogP contribution in [0.4, 0.5) is 11.6 Å². The van der Waals surface area contributed by atoms with Crippen molar-refractivity contribution in [2.75, 3.05) is 49.3 Å². The van der Waals surface area contributed by atoms with Crippen LogP contribution in [0.5, 0.6) is 11.5 Å². The molecule has 0 bridgehead atoms. The highest BCUT2D eigenvalue weighted by molar-refractivity contribution is 7.92. The number of amides is 4. The van der Waals surface area contributed by atoms with E-state index < -0.39 is 39.7 Å². The van der Waals surface area contributed by atoms with E-state index in [1.54, 1.807) is 24.3 Å². The van der Waals surface area contributed by atoms with Gasteiger partial charge in [0.25, 0.3) is 11.8 Å². The standard InChI is InChI=1S/C47H58N6O9S/c1-47(2,34-15-20-38(21-16-34)62-32-36-25-27-49-46(50-36)52(3)63(4,58)59)33-13-18-37(19-14-33)61-30-11-8-6-5-7-10-28-60-29-12-9-26-48-35-17-22-39-40(31-35)45(57)53(44(39)56)41-23-24-42(54)51-43(41)55/h13-22,25,27,31,41,48H,5-12,23-24,26,28-30,32H2,1-4H3,(H,51,54,55). The van der Waals surface area contributed by atoms with Crippen molar-refractivity contribution in [3.63, 3.8) is 0 Å². The van der Waals surface area contributed by atoms with E-state index in [1.165, 1.54) is 18.8 Å². The quantitative estimate of drug-likeness (QED) is 0.0554. The Labute approximate surface area is 370 Å². The van der Waals surface area contributed by atoms with Gasteiger partial charge in [-0.2, -0.15) is 0 Å². The molecule has 4 amide bonds. The number of carbonyl (C=O) groups excluding carboxylic acids is 4. The molecule has 0 spiro atoms. The van der Waals surface area contributed by atoms with Crippen molar-refractivity contribution in [2.45, 2.75) is 96.1 Å². The van der Waals surface area contributed by atoms with E-state index >= 15 is 0 Å². The van der Waals surface area contributed by atoms with Crippen LogP contribution in [-0.2, 0) is 36.4 Å². The third-order valence-corrected chi connectivity index (χ3v) is 12.6. The number of sulfonamides is 1. The van der Waals surface area contributed by atoms with Crippen molar-refractivity contribution in [3.8, 4) is 11.5 Å². The Morgan fingerprint density at radius 1 is 0.778 bits per heavy atom. The number of piperidine rings is 1. The fraction of sp³-hybridized carbons (Fsp3) is 0.447. The van der Waals surface area contributed by atoms with Crippen molar-refractivity contribution in [1.82, 2.24) is 20.2 Å². The monoisotopic (exact) mass is 882 g/mol. The van der Waals surface area contributed by atoms with E-state index in [9.17, 15) is 27.6 Å². The van der Waals surface area contributed by atoms with Gasteiger partial charge in [-0.15, -0.1) is 0 Å². The smallest absolute Gasteiger partial charge is 0.262 e. The van der Waals surface area contributed by atoms with Crippen LogP contribution < -0.4 is 24.4 Å². The first kappa shape index (κ1) is 46.6. The first-order valence-corrected chi connectivity index (χ1v) is 23.5. The number of anilines is 2. The van der Waals surface area contributed by atoms with Gasteiger partial charge in [0.2, 0.25) is 27.8 Å². The van der Waals surface area contributed by atoms with Crippen molar-refractivity contribution in [3.05, 3.63) is 107 Å². The maximum Gasteiger partial charge on any atom is 0.262 e. The molecular weight excluding hydrogens is 825 g/mol. The second-order valence-corrected chi connectivity index (χ2v) is 18.5. The van der Waals surface area contributed by atoms with Crippen LogP contribution in [-0.4, -0.2) is 92.6 Å². The first-order valence-electron chi connectivity index (χ1n) is 21.6. The van der Waals surface area contributed by atoms with E-state index in [-0.39, 0.29) is 41.9 Å². The molecule has 2 aliphatic heterocycles. The lowest BCUT2D eigenvalue weighted by Gasteiger charge is -2.27. The van der Waals surface area contributed by atoms with Gasteiger partial charge in [-0.25, -0.2) is 22.7 Å². The largest absolute Gasteiger partial charge is 0.494 e. The summed E-state index contributed by atoms with van der Waals surface area (Å²) in [6, 6.07) is 22.0. The maximum atomic E-state index is 13.0. The number of fused-ring (bicyclic) bond motifs is 1. The summed E-state index contributed by atoms with van der Waals surface area (Å²) in [6.07, 6.45) is 11.2. The van der Waals surface area contributed by atoms with Crippen molar-refractivity contribution in [1.29, 1.82) is 0 Å². The van der Waals surface area contributed by atoms with E-state index in [0.717, 1.165) is 90.4 Å². The number of ether oxygens (including phenoxy) is 3. The van der Waals surface area contributed by atoms with E-state index in [0.29, 0.717) is 31.2 Å².